The zero-order valence-corrected chi connectivity index (χ0v) is 16.4. The van der Waals surface area contributed by atoms with Gasteiger partial charge in [-0.15, -0.1) is 0 Å². The molecule has 0 radical (unpaired) electrons. The van der Waals surface area contributed by atoms with Crippen molar-refractivity contribution in [1.82, 2.24) is 4.90 Å². The van der Waals surface area contributed by atoms with Gasteiger partial charge in [-0.25, -0.2) is 0 Å². The summed E-state index contributed by atoms with van der Waals surface area (Å²) in [4.78, 5) is 15.0. The smallest absolute Gasteiger partial charge is 0.273 e. The van der Waals surface area contributed by atoms with Crippen molar-refractivity contribution in [1.29, 1.82) is 0 Å². The Hall–Kier alpha value is -2.64. The summed E-state index contributed by atoms with van der Waals surface area (Å²) < 4.78 is 5.53. The SMILES string of the molecule is Cc1cccc(N2CCN(CC(O)COc3cccc([N+](=O)[O-])c3)CC2)c1C. The Labute approximate surface area is 165 Å². The Morgan fingerprint density at radius 3 is 2.57 bits per heavy atom. The predicted octanol–water partition coefficient (Wildman–Crippen LogP) is 2.77. The fraction of sp³-hybridized carbons (Fsp3) is 0.429. The first kappa shape index (κ1) is 20.1. The number of piperazine rings is 1. The molecule has 0 bridgehead atoms. The number of rotatable bonds is 7. The van der Waals surface area contributed by atoms with Crippen LogP contribution in [0, 0.1) is 24.0 Å². The third-order valence-corrected chi connectivity index (χ3v) is 5.23. The second-order valence-electron chi connectivity index (χ2n) is 7.23. The number of benzene rings is 2. The van der Waals surface area contributed by atoms with Crippen molar-refractivity contribution >= 4 is 11.4 Å². The van der Waals surface area contributed by atoms with Crippen LogP contribution in [0.2, 0.25) is 0 Å². The minimum Gasteiger partial charge on any atom is -0.491 e. The number of hydrogen-bond acceptors (Lipinski definition) is 6. The van der Waals surface area contributed by atoms with E-state index in [4.69, 9.17) is 4.74 Å². The summed E-state index contributed by atoms with van der Waals surface area (Å²) in [7, 11) is 0. The van der Waals surface area contributed by atoms with E-state index in [1.807, 2.05) is 0 Å². The highest BCUT2D eigenvalue weighted by molar-refractivity contribution is 5.56. The van der Waals surface area contributed by atoms with Gasteiger partial charge in [-0.3, -0.25) is 15.0 Å². The monoisotopic (exact) mass is 385 g/mol. The largest absolute Gasteiger partial charge is 0.491 e. The summed E-state index contributed by atoms with van der Waals surface area (Å²) in [5, 5.41) is 21.1. The molecule has 2 aromatic carbocycles. The van der Waals surface area contributed by atoms with Gasteiger partial charge in [-0.1, -0.05) is 18.2 Å². The number of anilines is 1. The maximum absolute atomic E-state index is 10.8. The van der Waals surface area contributed by atoms with Gasteiger partial charge in [0.15, 0.2) is 0 Å². The lowest BCUT2D eigenvalue weighted by atomic mass is 10.1. The number of ether oxygens (including phenoxy) is 1. The number of nitro benzene ring substituents is 1. The van der Waals surface area contributed by atoms with E-state index in [2.05, 4.69) is 41.8 Å². The van der Waals surface area contributed by atoms with E-state index in [-0.39, 0.29) is 12.3 Å². The molecule has 0 aliphatic carbocycles. The quantitative estimate of drug-likeness (QED) is 0.583. The molecule has 1 N–H and O–H groups in total. The Morgan fingerprint density at radius 1 is 1.14 bits per heavy atom. The van der Waals surface area contributed by atoms with Gasteiger partial charge in [0, 0.05) is 44.5 Å². The molecule has 7 heteroatoms. The second kappa shape index (κ2) is 9.03. The highest BCUT2D eigenvalue weighted by Crippen LogP contribution is 2.24. The highest BCUT2D eigenvalue weighted by atomic mass is 16.6. The van der Waals surface area contributed by atoms with E-state index in [0.717, 1.165) is 26.2 Å². The van der Waals surface area contributed by atoms with Crippen LogP contribution in [0.5, 0.6) is 5.75 Å². The zero-order valence-electron chi connectivity index (χ0n) is 16.4. The average molecular weight is 385 g/mol. The van der Waals surface area contributed by atoms with E-state index in [1.165, 1.54) is 28.9 Å². The molecule has 7 nitrogen and oxygen atoms in total. The normalized spacial score (nSPS) is 16.0. The third kappa shape index (κ3) is 4.99. The van der Waals surface area contributed by atoms with Gasteiger partial charge in [0.25, 0.3) is 5.69 Å². The number of β-amino-alcohol motifs (C(OH)–C–C–N with tert-alkyl or cyclic N) is 1. The van der Waals surface area contributed by atoms with E-state index in [0.29, 0.717) is 12.3 Å². The predicted molar refractivity (Wildman–Crippen MR) is 109 cm³/mol. The number of aryl methyl sites for hydroxylation is 1. The minimum absolute atomic E-state index is 0.0189. The first-order valence-corrected chi connectivity index (χ1v) is 9.53. The van der Waals surface area contributed by atoms with Gasteiger partial charge in [0.1, 0.15) is 18.5 Å². The molecule has 1 aliphatic rings. The van der Waals surface area contributed by atoms with Gasteiger partial charge in [0.2, 0.25) is 0 Å². The van der Waals surface area contributed by atoms with E-state index >= 15 is 0 Å². The Bertz CT molecular complexity index is 819. The van der Waals surface area contributed by atoms with Crippen LogP contribution in [0.3, 0.4) is 0 Å². The molecule has 1 heterocycles. The maximum Gasteiger partial charge on any atom is 0.273 e. The lowest BCUT2D eigenvalue weighted by Crippen LogP contribution is -2.49. The molecule has 0 saturated carbocycles. The van der Waals surface area contributed by atoms with Crippen molar-refractivity contribution in [2.45, 2.75) is 20.0 Å². The maximum atomic E-state index is 10.8. The fourth-order valence-electron chi connectivity index (χ4n) is 3.48. The van der Waals surface area contributed by atoms with E-state index in [1.54, 1.807) is 12.1 Å². The van der Waals surface area contributed by atoms with Crippen LogP contribution in [-0.2, 0) is 0 Å². The Kier molecular flexibility index (Phi) is 6.49. The molecular formula is C21H27N3O4. The average Bonchev–Trinajstić information content (AvgIpc) is 2.69. The summed E-state index contributed by atoms with van der Waals surface area (Å²) in [6, 6.07) is 12.4. The molecule has 1 aliphatic heterocycles. The molecule has 2 aromatic rings. The van der Waals surface area contributed by atoms with Crippen molar-refractivity contribution in [3.05, 3.63) is 63.7 Å². The van der Waals surface area contributed by atoms with Crippen LogP contribution >= 0.6 is 0 Å². The summed E-state index contributed by atoms with van der Waals surface area (Å²) in [6.07, 6.45) is -0.647. The van der Waals surface area contributed by atoms with Crippen LogP contribution in [0.25, 0.3) is 0 Å². The van der Waals surface area contributed by atoms with Gasteiger partial charge >= 0.3 is 0 Å². The van der Waals surface area contributed by atoms with Crippen LogP contribution in [-0.4, -0.2) is 60.4 Å². The lowest BCUT2D eigenvalue weighted by molar-refractivity contribution is -0.384. The standard InChI is InChI=1S/C21H27N3O4/c1-16-5-3-8-21(17(16)2)23-11-9-22(10-12-23)14-19(25)15-28-20-7-4-6-18(13-20)24(26)27/h3-8,13,19,25H,9-12,14-15H2,1-2H3. The summed E-state index contributed by atoms with van der Waals surface area (Å²) in [5.74, 6) is 0.396. The molecule has 1 saturated heterocycles. The number of non-ortho nitro benzene ring substituents is 1. The topological polar surface area (TPSA) is 79.1 Å². The van der Waals surface area contributed by atoms with Crippen molar-refractivity contribution in [2.75, 3.05) is 44.2 Å². The molecule has 1 unspecified atom stereocenters. The number of nitro groups is 1. The molecule has 1 atom stereocenters. The first-order valence-electron chi connectivity index (χ1n) is 9.53. The molecule has 3 rings (SSSR count). The van der Waals surface area contributed by atoms with Gasteiger partial charge in [-0.05, 0) is 37.1 Å². The molecule has 0 spiro atoms. The van der Waals surface area contributed by atoms with Crippen molar-refractivity contribution in [2.24, 2.45) is 0 Å². The molecule has 150 valence electrons. The van der Waals surface area contributed by atoms with Crippen molar-refractivity contribution in [3.8, 4) is 5.75 Å². The molecule has 0 amide bonds. The summed E-state index contributed by atoms with van der Waals surface area (Å²) >= 11 is 0. The van der Waals surface area contributed by atoms with Gasteiger partial charge in [0.05, 0.1) is 11.0 Å². The number of nitrogens with zero attached hydrogens (tertiary/aromatic N) is 3. The molecule has 1 fully saturated rings. The lowest BCUT2D eigenvalue weighted by Gasteiger charge is -2.37. The number of aliphatic hydroxyl groups is 1. The third-order valence-electron chi connectivity index (χ3n) is 5.23. The van der Waals surface area contributed by atoms with Crippen molar-refractivity contribution in [3.63, 3.8) is 0 Å². The molecule has 0 aromatic heterocycles. The summed E-state index contributed by atoms with van der Waals surface area (Å²) in [5.41, 5.74) is 3.89. The minimum atomic E-state index is -0.647. The molecule has 28 heavy (non-hydrogen) atoms. The zero-order chi connectivity index (χ0) is 20.1. The number of aliphatic hydroxyl groups excluding tert-OH is 1. The second-order valence-corrected chi connectivity index (χ2v) is 7.23. The van der Waals surface area contributed by atoms with E-state index < -0.39 is 11.0 Å². The van der Waals surface area contributed by atoms with Crippen LogP contribution < -0.4 is 9.64 Å². The summed E-state index contributed by atoms with van der Waals surface area (Å²) in [6.45, 7) is 8.51. The van der Waals surface area contributed by atoms with Gasteiger partial charge in [-0.2, -0.15) is 0 Å². The van der Waals surface area contributed by atoms with Crippen LogP contribution in [0.1, 0.15) is 11.1 Å². The molecular weight excluding hydrogens is 358 g/mol. The first-order chi connectivity index (χ1) is 13.4. The van der Waals surface area contributed by atoms with Gasteiger partial charge < -0.3 is 14.7 Å². The number of hydrogen-bond donors (Lipinski definition) is 1. The Balaban J connectivity index is 1.46. The Morgan fingerprint density at radius 2 is 1.86 bits per heavy atom. The van der Waals surface area contributed by atoms with E-state index in [9.17, 15) is 15.2 Å². The van der Waals surface area contributed by atoms with Crippen LogP contribution in [0.4, 0.5) is 11.4 Å². The van der Waals surface area contributed by atoms with Crippen molar-refractivity contribution < 1.29 is 14.8 Å². The highest BCUT2D eigenvalue weighted by Gasteiger charge is 2.21. The fourth-order valence-corrected chi connectivity index (χ4v) is 3.48. The van der Waals surface area contributed by atoms with Crippen LogP contribution in [0.15, 0.2) is 42.5 Å².